The van der Waals surface area contributed by atoms with E-state index in [1.165, 1.54) is 41.0 Å². The van der Waals surface area contributed by atoms with Gasteiger partial charge in [0.25, 0.3) is 0 Å². The molecule has 0 radical (unpaired) electrons. The van der Waals surface area contributed by atoms with Gasteiger partial charge in [0.2, 0.25) is 5.91 Å². The molecule has 0 unspecified atom stereocenters. The van der Waals surface area contributed by atoms with Crippen LogP contribution in [0.15, 0.2) is 35.1 Å². The van der Waals surface area contributed by atoms with Gasteiger partial charge in [-0.25, -0.2) is 14.2 Å². The molecule has 0 saturated carbocycles. The van der Waals surface area contributed by atoms with Gasteiger partial charge in [0, 0.05) is 18.9 Å². The Balaban J connectivity index is 1.42. The van der Waals surface area contributed by atoms with Crippen molar-refractivity contribution in [2.45, 2.75) is 30.0 Å². The van der Waals surface area contributed by atoms with Gasteiger partial charge in [0.05, 0.1) is 36.5 Å². The maximum Gasteiger partial charge on any atom is 0.414 e. The Kier molecular flexibility index (Phi) is 6.18. The molecule has 0 bridgehead atoms. The number of carbonyl (C=O) groups excluding carboxylic acids is 2. The van der Waals surface area contributed by atoms with Crippen molar-refractivity contribution in [1.29, 1.82) is 0 Å². The monoisotopic (exact) mass is 462 g/mol. The van der Waals surface area contributed by atoms with Crippen molar-refractivity contribution in [1.82, 2.24) is 25.1 Å². The number of halogens is 1. The highest BCUT2D eigenvalue weighted by molar-refractivity contribution is 8.00. The molecule has 4 rings (SSSR count). The summed E-state index contributed by atoms with van der Waals surface area (Å²) in [4.78, 5) is 28.8. The predicted octanol–water partition coefficient (Wildman–Crippen LogP) is 2.92. The lowest BCUT2D eigenvalue weighted by atomic mass is 10.2. The fourth-order valence-electron chi connectivity index (χ4n) is 3.01. The fourth-order valence-corrected chi connectivity index (χ4v) is 4.72. The van der Waals surface area contributed by atoms with Crippen LogP contribution in [0, 0.1) is 12.7 Å². The van der Waals surface area contributed by atoms with Crippen molar-refractivity contribution < 1.29 is 18.7 Å². The molecular weight excluding hydrogens is 443 g/mol. The summed E-state index contributed by atoms with van der Waals surface area (Å²) in [5.41, 5.74) is 1.49. The number of thioether (sulfide) groups is 1. The molecule has 2 aromatic heterocycles. The standard InChI is InChI=1S/C19H19FN6O3S2/c1-11(27)21-6-15-8-26(19(28)29-15)14-3-4-17(16(20)5-14)25-7-13(22-10-25)9-30-18-24-23-12(2)31-18/h3-5,7,10,15H,6,8-9H2,1-2H3,(H,21,27)/t15-/m0/s1. The fraction of sp³-hybridized carbons (Fsp3) is 0.316. The molecule has 1 aliphatic heterocycles. The molecule has 1 aromatic carbocycles. The minimum Gasteiger partial charge on any atom is -0.442 e. The first kappa shape index (κ1) is 21.2. The molecule has 2 amide bonds. The first-order valence-corrected chi connectivity index (χ1v) is 11.2. The van der Waals surface area contributed by atoms with Crippen LogP contribution in [-0.4, -0.2) is 50.9 Å². The average molecular weight is 463 g/mol. The van der Waals surface area contributed by atoms with Crippen molar-refractivity contribution in [2.24, 2.45) is 0 Å². The molecule has 1 saturated heterocycles. The Morgan fingerprint density at radius 1 is 1.42 bits per heavy atom. The van der Waals surface area contributed by atoms with Crippen LogP contribution in [0.1, 0.15) is 17.6 Å². The zero-order chi connectivity index (χ0) is 22.0. The van der Waals surface area contributed by atoms with Crippen molar-refractivity contribution in [3.63, 3.8) is 0 Å². The van der Waals surface area contributed by atoms with E-state index < -0.39 is 18.0 Å². The third-order valence-corrected chi connectivity index (χ3v) is 6.47. The Hall–Kier alpha value is -2.99. The number of anilines is 1. The second kappa shape index (κ2) is 9.02. The van der Waals surface area contributed by atoms with Gasteiger partial charge >= 0.3 is 6.09 Å². The van der Waals surface area contributed by atoms with E-state index in [2.05, 4.69) is 20.5 Å². The second-order valence-corrected chi connectivity index (χ2v) is 9.24. The van der Waals surface area contributed by atoms with Crippen LogP contribution in [0.5, 0.6) is 0 Å². The van der Waals surface area contributed by atoms with Gasteiger partial charge in [0.15, 0.2) is 4.34 Å². The summed E-state index contributed by atoms with van der Waals surface area (Å²) in [7, 11) is 0. The zero-order valence-corrected chi connectivity index (χ0v) is 18.4. The predicted molar refractivity (Wildman–Crippen MR) is 114 cm³/mol. The highest BCUT2D eigenvalue weighted by Gasteiger charge is 2.32. The first-order chi connectivity index (χ1) is 14.9. The normalized spacial score (nSPS) is 15.9. The molecule has 1 fully saturated rings. The number of amides is 2. The number of aryl methyl sites for hydroxylation is 1. The lowest BCUT2D eigenvalue weighted by Crippen LogP contribution is -2.33. The van der Waals surface area contributed by atoms with Crippen LogP contribution in [0.3, 0.4) is 0 Å². The second-order valence-electron chi connectivity index (χ2n) is 6.84. The summed E-state index contributed by atoms with van der Waals surface area (Å²) in [5.74, 6) is -0.107. The number of rotatable bonds is 7. The van der Waals surface area contributed by atoms with Gasteiger partial charge < -0.3 is 14.6 Å². The molecule has 1 N–H and O–H groups in total. The van der Waals surface area contributed by atoms with Crippen LogP contribution in [0.4, 0.5) is 14.9 Å². The van der Waals surface area contributed by atoms with Gasteiger partial charge in [-0.3, -0.25) is 9.69 Å². The van der Waals surface area contributed by atoms with Crippen molar-refractivity contribution in [2.75, 3.05) is 18.0 Å². The number of benzene rings is 1. The molecule has 1 atom stereocenters. The third kappa shape index (κ3) is 5.02. The molecule has 31 heavy (non-hydrogen) atoms. The summed E-state index contributed by atoms with van der Waals surface area (Å²) < 4.78 is 22.5. The summed E-state index contributed by atoms with van der Waals surface area (Å²) in [6.07, 6.45) is 2.25. The van der Waals surface area contributed by atoms with Gasteiger partial charge in [0.1, 0.15) is 16.9 Å². The molecule has 162 valence electrons. The minimum atomic E-state index is -0.573. The summed E-state index contributed by atoms with van der Waals surface area (Å²) in [5, 5.41) is 11.6. The largest absolute Gasteiger partial charge is 0.442 e. The molecule has 0 spiro atoms. The number of hydrogen-bond acceptors (Lipinski definition) is 8. The summed E-state index contributed by atoms with van der Waals surface area (Å²) in [6.45, 7) is 3.73. The van der Waals surface area contributed by atoms with E-state index in [-0.39, 0.29) is 19.0 Å². The van der Waals surface area contributed by atoms with Crippen LogP contribution < -0.4 is 10.2 Å². The van der Waals surface area contributed by atoms with E-state index in [4.69, 9.17) is 4.74 Å². The number of hydrogen-bond donors (Lipinski definition) is 1. The molecule has 3 heterocycles. The zero-order valence-electron chi connectivity index (χ0n) is 16.7. The number of imidazole rings is 1. The van der Waals surface area contributed by atoms with E-state index in [1.807, 2.05) is 6.92 Å². The lowest BCUT2D eigenvalue weighted by Gasteiger charge is -2.14. The number of cyclic esters (lactones) is 1. The maximum absolute atomic E-state index is 14.8. The highest BCUT2D eigenvalue weighted by Crippen LogP contribution is 2.27. The minimum absolute atomic E-state index is 0.207. The Morgan fingerprint density at radius 2 is 2.26 bits per heavy atom. The Bertz CT molecular complexity index is 1120. The van der Waals surface area contributed by atoms with Crippen molar-refractivity contribution in [3.8, 4) is 5.69 Å². The Labute approximate surface area is 185 Å². The van der Waals surface area contributed by atoms with E-state index in [9.17, 15) is 14.0 Å². The van der Waals surface area contributed by atoms with E-state index >= 15 is 0 Å². The van der Waals surface area contributed by atoms with Gasteiger partial charge in [-0.05, 0) is 25.1 Å². The molecule has 0 aliphatic carbocycles. The molecular formula is C19H19FN6O3S2. The number of ether oxygens (including phenoxy) is 1. The molecule has 3 aromatic rings. The van der Waals surface area contributed by atoms with Gasteiger partial charge in [-0.15, -0.1) is 10.2 Å². The van der Waals surface area contributed by atoms with E-state index in [0.717, 1.165) is 15.0 Å². The van der Waals surface area contributed by atoms with Crippen LogP contribution in [-0.2, 0) is 15.3 Å². The average Bonchev–Trinajstić information content (AvgIpc) is 3.45. The number of aromatic nitrogens is 4. The maximum atomic E-state index is 14.8. The quantitative estimate of drug-likeness (QED) is 0.539. The Morgan fingerprint density at radius 3 is 2.97 bits per heavy atom. The number of nitrogens with zero attached hydrogens (tertiary/aromatic N) is 5. The third-order valence-electron chi connectivity index (χ3n) is 4.46. The van der Waals surface area contributed by atoms with Gasteiger partial charge in [-0.2, -0.15) is 0 Å². The van der Waals surface area contributed by atoms with Crippen LogP contribution in [0.2, 0.25) is 0 Å². The van der Waals surface area contributed by atoms with Gasteiger partial charge in [-0.1, -0.05) is 23.1 Å². The van der Waals surface area contributed by atoms with Crippen LogP contribution >= 0.6 is 23.1 Å². The van der Waals surface area contributed by atoms with Crippen LogP contribution in [0.25, 0.3) is 5.69 Å². The highest BCUT2D eigenvalue weighted by atomic mass is 32.2. The van der Waals surface area contributed by atoms with Crippen molar-refractivity contribution >= 4 is 40.8 Å². The smallest absolute Gasteiger partial charge is 0.414 e. The van der Waals surface area contributed by atoms with E-state index in [0.29, 0.717) is 17.1 Å². The molecule has 12 heteroatoms. The molecule has 1 aliphatic rings. The van der Waals surface area contributed by atoms with Crippen molar-refractivity contribution in [3.05, 3.63) is 47.2 Å². The SMILES string of the molecule is CC(=O)NC[C@H]1CN(c2ccc(-n3cnc(CSc4nnc(C)s4)c3)c(F)c2)C(=O)O1. The topological polar surface area (TPSA) is 102 Å². The summed E-state index contributed by atoms with van der Waals surface area (Å²) >= 11 is 3.04. The molecule has 9 nitrogen and oxygen atoms in total. The summed E-state index contributed by atoms with van der Waals surface area (Å²) in [6, 6.07) is 4.53. The lowest BCUT2D eigenvalue weighted by molar-refractivity contribution is -0.119. The first-order valence-electron chi connectivity index (χ1n) is 9.37. The number of carbonyl (C=O) groups is 2. The van der Waals surface area contributed by atoms with E-state index in [1.54, 1.807) is 29.2 Å². The number of nitrogens with one attached hydrogen (secondary N) is 1.